The molecule has 0 bridgehead atoms. The molecule has 1 fully saturated rings. The third-order valence-electron chi connectivity index (χ3n) is 3.24. The van der Waals surface area contributed by atoms with Crippen LogP contribution >= 0.6 is 23.1 Å². The van der Waals surface area contributed by atoms with E-state index in [1.54, 1.807) is 17.5 Å². The van der Waals surface area contributed by atoms with E-state index in [4.69, 9.17) is 0 Å². The molecule has 0 radical (unpaired) electrons. The molecule has 1 aliphatic heterocycles. The van der Waals surface area contributed by atoms with Gasteiger partial charge in [-0.2, -0.15) is 8.42 Å². The molecule has 25 heavy (non-hydrogen) atoms. The number of carbonyl (C=O) groups is 1. The van der Waals surface area contributed by atoms with Crippen LogP contribution in [0, 0.1) is 0 Å². The van der Waals surface area contributed by atoms with Crippen LogP contribution in [0.4, 0.5) is 0 Å². The highest BCUT2D eigenvalue weighted by atomic mass is 32.2. The topological polar surface area (TPSA) is 66.8 Å². The molecule has 0 saturated carbocycles. The van der Waals surface area contributed by atoms with Gasteiger partial charge in [0.15, 0.2) is 5.17 Å². The Hall–Kier alpha value is -2.16. The van der Waals surface area contributed by atoms with Crippen LogP contribution in [0.2, 0.25) is 0 Å². The SMILES string of the molecule is C=CCN1C(=O)/C(=C/c2ccccc2)S/C1=N/S(=O)(=O)c1cccs1. The lowest BCUT2D eigenvalue weighted by molar-refractivity contribution is -0.121. The molecular formula is C17H14N2O3S3. The van der Waals surface area contributed by atoms with E-state index < -0.39 is 10.0 Å². The number of thiophene rings is 1. The summed E-state index contributed by atoms with van der Waals surface area (Å²) < 4.78 is 28.8. The maximum atomic E-state index is 12.6. The van der Waals surface area contributed by atoms with Crippen molar-refractivity contribution in [2.75, 3.05) is 6.54 Å². The number of rotatable bonds is 5. The molecule has 0 atom stereocenters. The molecule has 2 aromatic rings. The zero-order chi connectivity index (χ0) is 17.9. The Labute approximate surface area is 154 Å². The van der Waals surface area contributed by atoms with Crippen LogP contribution in [0.5, 0.6) is 0 Å². The second-order valence-corrected chi connectivity index (χ2v) is 8.79. The quantitative estimate of drug-likeness (QED) is 0.578. The van der Waals surface area contributed by atoms with Crippen LogP contribution in [0.1, 0.15) is 5.56 Å². The molecule has 1 aliphatic rings. The summed E-state index contributed by atoms with van der Waals surface area (Å²) in [4.78, 5) is 14.3. The van der Waals surface area contributed by atoms with Crippen molar-refractivity contribution in [1.82, 2.24) is 4.90 Å². The lowest BCUT2D eigenvalue weighted by Crippen LogP contribution is -2.29. The van der Waals surface area contributed by atoms with Gasteiger partial charge in [-0.25, -0.2) is 0 Å². The van der Waals surface area contributed by atoms with Gasteiger partial charge in [-0.15, -0.1) is 22.3 Å². The van der Waals surface area contributed by atoms with Crippen molar-refractivity contribution in [3.8, 4) is 0 Å². The summed E-state index contributed by atoms with van der Waals surface area (Å²) in [5.74, 6) is -0.283. The maximum Gasteiger partial charge on any atom is 0.294 e. The average Bonchev–Trinajstić information content (AvgIpc) is 3.22. The number of amides is 1. The van der Waals surface area contributed by atoms with Crippen LogP contribution in [0.25, 0.3) is 6.08 Å². The molecule has 1 amide bonds. The highest BCUT2D eigenvalue weighted by Gasteiger charge is 2.34. The second kappa shape index (κ2) is 7.38. The first-order chi connectivity index (χ1) is 12.0. The summed E-state index contributed by atoms with van der Waals surface area (Å²) in [6.45, 7) is 3.81. The van der Waals surface area contributed by atoms with Crippen LogP contribution in [0.15, 0.2) is 74.0 Å². The van der Waals surface area contributed by atoms with Gasteiger partial charge in [0.2, 0.25) is 0 Å². The molecule has 8 heteroatoms. The second-order valence-electron chi connectivity index (χ2n) is 5.01. The largest absolute Gasteiger partial charge is 0.294 e. The fourth-order valence-electron chi connectivity index (χ4n) is 2.12. The smallest absolute Gasteiger partial charge is 0.282 e. The van der Waals surface area contributed by atoms with E-state index in [2.05, 4.69) is 11.0 Å². The Bertz CT molecular complexity index is 946. The first-order valence-corrected chi connectivity index (χ1v) is 10.4. The van der Waals surface area contributed by atoms with Crippen molar-refractivity contribution >= 4 is 50.3 Å². The molecule has 0 spiro atoms. The molecule has 128 valence electrons. The van der Waals surface area contributed by atoms with Crippen molar-refractivity contribution in [2.45, 2.75) is 4.21 Å². The van der Waals surface area contributed by atoms with Crippen molar-refractivity contribution in [2.24, 2.45) is 4.40 Å². The third kappa shape index (κ3) is 3.92. The lowest BCUT2D eigenvalue weighted by atomic mass is 10.2. The summed E-state index contributed by atoms with van der Waals surface area (Å²) in [6, 6.07) is 12.5. The van der Waals surface area contributed by atoms with Crippen LogP contribution in [-0.2, 0) is 14.8 Å². The van der Waals surface area contributed by atoms with Crippen LogP contribution < -0.4 is 0 Å². The normalized spacial score (nSPS) is 18.2. The molecular weight excluding hydrogens is 376 g/mol. The number of hydrogen-bond acceptors (Lipinski definition) is 5. The predicted molar refractivity (Wildman–Crippen MR) is 103 cm³/mol. The van der Waals surface area contributed by atoms with Crippen molar-refractivity contribution in [3.05, 3.63) is 71.0 Å². The van der Waals surface area contributed by atoms with Gasteiger partial charge in [-0.1, -0.05) is 42.5 Å². The fourth-order valence-corrected chi connectivity index (χ4v) is 5.28. The number of hydrogen-bond donors (Lipinski definition) is 0. The summed E-state index contributed by atoms with van der Waals surface area (Å²) in [5, 5.41) is 1.81. The van der Waals surface area contributed by atoms with Gasteiger partial charge in [0, 0.05) is 6.54 Å². The number of benzene rings is 1. The lowest BCUT2D eigenvalue weighted by Gasteiger charge is -2.12. The Morgan fingerprint density at radius 2 is 1.92 bits per heavy atom. The van der Waals surface area contributed by atoms with E-state index in [9.17, 15) is 13.2 Å². The first-order valence-electron chi connectivity index (χ1n) is 7.27. The minimum absolute atomic E-state index is 0.139. The average molecular weight is 391 g/mol. The van der Waals surface area contributed by atoms with Crippen molar-refractivity contribution < 1.29 is 13.2 Å². The third-order valence-corrected chi connectivity index (χ3v) is 7.01. The minimum Gasteiger partial charge on any atom is -0.282 e. The van der Waals surface area contributed by atoms with Gasteiger partial charge in [0.05, 0.1) is 4.91 Å². The van der Waals surface area contributed by atoms with Gasteiger partial charge < -0.3 is 0 Å². The standard InChI is InChI=1S/C17H14N2O3S3/c1-2-10-19-16(20)14(12-13-7-4-3-5-8-13)24-17(19)18-25(21,22)15-9-6-11-23-15/h2-9,11-12H,1,10H2/b14-12-,18-17+. The van der Waals surface area contributed by atoms with Crippen molar-refractivity contribution in [3.63, 3.8) is 0 Å². The van der Waals surface area contributed by atoms with Crippen molar-refractivity contribution in [1.29, 1.82) is 0 Å². The van der Waals surface area contributed by atoms with Crippen LogP contribution in [0.3, 0.4) is 0 Å². The Morgan fingerprint density at radius 3 is 2.56 bits per heavy atom. The van der Waals surface area contributed by atoms with E-state index in [1.807, 2.05) is 30.3 Å². The molecule has 3 rings (SSSR count). The van der Waals surface area contributed by atoms with Crippen LogP contribution in [-0.4, -0.2) is 30.9 Å². The predicted octanol–water partition coefficient (Wildman–Crippen LogP) is 3.60. The molecule has 1 saturated heterocycles. The number of amidine groups is 1. The van der Waals surface area contributed by atoms with E-state index in [0.29, 0.717) is 4.91 Å². The maximum absolute atomic E-state index is 12.6. The summed E-state index contributed by atoms with van der Waals surface area (Å²) >= 11 is 2.14. The van der Waals surface area contributed by atoms with Gasteiger partial charge >= 0.3 is 0 Å². The molecule has 1 aromatic heterocycles. The minimum atomic E-state index is -3.84. The zero-order valence-electron chi connectivity index (χ0n) is 13.0. The molecule has 0 aliphatic carbocycles. The van der Waals surface area contributed by atoms with E-state index >= 15 is 0 Å². The molecule has 0 N–H and O–H groups in total. The van der Waals surface area contributed by atoms with Gasteiger partial charge in [0.1, 0.15) is 4.21 Å². The molecule has 1 aromatic carbocycles. The van der Waals surface area contributed by atoms with Gasteiger partial charge in [-0.3, -0.25) is 9.69 Å². The van der Waals surface area contributed by atoms with E-state index in [0.717, 1.165) is 28.7 Å². The number of sulfonamides is 1. The summed E-state index contributed by atoms with van der Waals surface area (Å²) in [6.07, 6.45) is 3.26. The van der Waals surface area contributed by atoms with E-state index in [1.165, 1.54) is 17.0 Å². The molecule has 5 nitrogen and oxygen atoms in total. The Kier molecular flexibility index (Phi) is 5.22. The molecule has 2 heterocycles. The zero-order valence-corrected chi connectivity index (χ0v) is 15.5. The highest BCUT2D eigenvalue weighted by molar-refractivity contribution is 8.19. The van der Waals surface area contributed by atoms with Gasteiger partial charge in [0.25, 0.3) is 15.9 Å². The molecule has 0 unspecified atom stereocenters. The monoisotopic (exact) mass is 390 g/mol. The number of thioether (sulfide) groups is 1. The summed E-state index contributed by atoms with van der Waals surface area (Å²) in [5.41, 5.74) is 0.860. The summed E-state index contributed by atoms with van der Waals surface area (Å²) in [7, 11) is -3.84. The van der Waals surface area contributed by atoms with E-state index in [-0.39, 0.29) is 21.8 Å². The van der Waals surface area contributed by atoms with Gasteiger partial charge in [-0.05, 0) is 34.8 Å². The Balaban J connectivity index is 1.99. The Morgan fingerprint density at radius 1 is 1.16 bits per heavy atom. The fraction of sp³-hybridized carbons (Fsp3) is 0.0588. The first kappa shape index (κ1) is 17.7. The number of nitrogens with zero attached hydrogens (tertiary/aromatic N) is 2. The highest BCUT2D eigenvalue weighted by Crippen LogP contribution is 2.34. The number of carbonyl (C=O) groups excluding carboxylic acids is 1.